The first kappa shape index (κ1) is 108. The summed E-state index contributed by atoms with van der Waals surface area (Å²) in [4.78, 5) is 225. The van der Waals surface area contributed by atoms with Crippen LogP contribution in [0.25, 0.3) is 0 Å². The molecule has 5 heterocycles. The van der Waals surface area contributed by atoms with Gasteiger partial charge in [-0.05, 0) is 12.8 Å². The Morgan fingerprint density at radius 2 is 0.425 bits per heavy atom. The highest BCUT2D eigenvalue weighted by Crippen LogP contribution is 2.42. The second-order valence-corrected chi connectivity index (χ2v) is 30.7. The number of esters is 16. The lowest BCUT2D eigenvalue weighted by Crippen LogP contribution is -2.70. The molecule has 0 aromatic heterocycles. The zero-order valence-electron chi connectivity index (χ0n) is 75.0. The van der Waals surface area contributed by atoms with Crippen molar-refractivity contribution in [2.75, 3.05) is 46.2 Å². The Labute approximate surface area is 735 Å². The van der Waals surface area contributed by atoms with Gasteiger partial charge in [0.1, 0.15) is 81.9 Å². The van der Waals surface area contributed by atoms with Gasteiger partial charge < -0.3 is 128 Å². The van der Waals surface area contributed by atoms with Gasteiger partial charge in [-0.15, -0.1) is 0 Å². The van der Waals surface area contributed by atoms with E-state index in [2.05, 4.69) is 12.2 Å². The second kappa shape index (κ2) is 55.5. The molecule has 44 nitrogen and oxygen atoms in total. The van der Waals surface area contributed by atoms with Gasteiger partial charge in [-0.2, -0.15) is 0 Å². The molecule has 5 saturated heterocycles. The van der Waals surface area contributed by atoms with Crippen molar-refractivity contribution in [1.82, 2.24) is 5.32 Å². The van der Waals surface area contributed by atoms with Gasteiger partial charge in [0.2, 0.25) is 5.91 Å². The van der Waals surface area contributed by atoms with Gasteiger partial charge in [-0.25, -0.2) is 0 Å². The first-order chi connectivity index (χ1) is 60.1. The van der Waals surface area contributed by atoms with Gasteiger partial charge in [-0.1, -0.05) is 96.8 Å². The fourth-order valence-corrected chi connectivity index (χ4v) is 14.7. The number of rotatable bonds is 50. The van der Waals surface area contributed by atoms with E-state index in [1.807, 2.05) is 0 Å². The lowest BCUT2D eigenvalue weighted by Gasteiger charge is -2.51. The standard InChI is InChI=1S/C83H125NO43/c1-18-19-20-21-22-23-24-25-26-27-28-29-30-31-32-34-63(101)84-35-33-36-102-79-74(69(113-52(12)95)64(108-47(7)90)58(119-79)37-103-42(2)85)127-83-78(118-57(17)100)73(68(112-51(11)94)62(123-83)41-107-46(6)89)126-82-77(117-56(16)99)72(67(111-50(10)93)61(122-82)40-106-45(5)88)125-81-76(116-55(15)98)71(66(110-49(9)92)60(121-81)39-105-44(4)87)124-80-75(115-54(14)97)70(114-53(13)96)65(109-48(8)91)59(120-80)38-104-43(3)86/h58-62,64-83H,18-41H2,1-17H3,(H,84,101)/t58-,59-,60-,61-,62-,64-,65-,66-,67-,68-,69+,70+,71+,72+,73+,74+,75+,76+,77+,78+,79+,80-,81-,82-,83-/m1/s1. The molecule has 0 aliphatic carbocycles. The van der Waals surface area contributed by atoms with Crippen molar-refractivity contribution in [3.8, 4) is 0 Å². The fraction of sp³-hybridized carbons (Fsp3) is 0.795. The molecule has 0 spiro atoms. The van der Waals surface area contributed by atoms with Crippen LogP contribution >= 0.6 is 0 Å². The Bertz CT molecular complexity index is 3630. The summed E-state index contributed by atoms with van der Waals surface area (Å²) in [5.74, 6) is -17.8. The van der Waals surface area contributed by atoms with Crippen molar-refractivity contribution >= 4 is 101 Å². The molecule has 0 bridgehead atoms. The molecule has 0 unspecified atom stereocenters. The number of amides is 1. The minimum absolute atomic E-state index is 0.0270. The van der Waals surface area contributed by atoms with Gasteiger partial charge in [0.15, 0.2) is 105 Å². The van der Waals surface area contributed by atoms with E-state index < -0.39 is 282 Å². The van der Waals surface area contributed by atoms with Crippen LogP contribution in [0.5, 0.6) is 0 Å². The van der Waals surface area contributed by atoms with Gasteiger partial charge in [-0.3, -0.25) is 81.5 Å². The van der Waals surface area contributed by atoms with Gasteiger partial charge in [0.25, 0.3) is 0 Å². The molecule has 25 atom stereocenters. The summed E-state index contributed by atoms with van der Waals surface area (Å²) in [7, 11) is 0. The lowest BCUT2D eigenvalue weighted by molar-refractivity contribution is -0.397. The highest BCUT2D eigenvalue weighted by atomic mass is 16.8. The number of carbonyl (C=O) groups is 17. The van der Waals surface area contributed by atoms with Crippen molar-refractivity contribution in [2.24, 2.45) is 0 Å². The molecular weight excluding hydrogens is 1700 g/mol. The summed E-state index contributed by atoms with van der Waals surface area (Å²) in [5, 5.41) is 2.86. The van der Waals surface area contributed by atoms with Gasteiger partial charge in [0.05, 0.1) is 6.61 Å². The van der Waals surface area contributed by atoms with E-state index in [4.69, 9.17) is 123 Å². The van der Waals surface area contributed by atoms with Crippen molar-refractivity contribution < 1.29 is 205 Å². The highest BCUT2D eigenvalue weighted by molar-refractivity contribution is 5.76. The molecule has 0 saturated carbocycles. The molecule has 5 aliphatic rings. The minimum atomic E-state index is -2.47. The van der Waals surface area contributed by atoms with Crippen LogP contribution in [0.3, 0.4) is 0 Å². The normalized spacial score (nSPS) is 29.1. The third kappa shape index (κ3) is 38.0. The minimum Gasteiger partial charge on any atom is -0.463 e. The maximum Gasteiger partial charge on any atom is 0.303 e. The summed E-state index contributed by atoms with van der Waals surface area (Å²) < 4.78 is 157. The van der Waals surface area contributed by atoms with Crippen LogP contribution in [0.15, 0.2) is 0 Å². The number of unbranched alkanes of at least 4 members (excludes halogenated alkanes) is 14. The SMILES string of the molecule is CCCCCCCCCCCCCCCCCC(=O)NCCCO[C@H]1O[C@H](COC(C)=O)[C@@H](OC(C)=O)[C@H](OC(C)=O)[C@@H]1O[C@H]1O[C@H](COC(C)=O)[C@@H](OC(C)=O)[C@H](O[C@H]2O[C@H](COC(C)=O)[C@@H](OC(C)=O)[C@H](O[C@H]3O[C@H](COC(C)=O)[C@@H](OC(C)=O)[C@H](O[C@H]4O[C@H](COC(C)=O)[C@@H](OC(C)=O)[C@H](OC(C)=O)[C@@H]4OC(C)=O)[C@@H]3OC(C)=O)[C@@H]2OC(C)=O)[C@@H]1OC(C)=O. The molecule has 5 aliphatic heterocycles. The van der Waals surface area contributed by atoms with Crippen LogP contribution in [-0.4, -0.2) is 301 Å². The Kier molecular flexibility index (Phi) is 47.2. The van der Waals surface area contributed by atoms with Crippen LogP contribution < -0.4 is 5.32 Å². The summed E-state index contributed by atoms with van der Waals surface area (Å²) in [6, 6.07) is 0. The molecule has 127 heavy (non-hydrogen) atoms. The molecule has 0 radical (unpaired) electrons. The highest BCUT2D eigenvalue weighted by Gasteiger charge is 2.64. The van der Waals surface area contributed by atoms with E-state index in [1.54, 1.807) is 0 Å². The maximum atomic E-state index is 14.0. The molecule has 0 aromatic rings. The van der Waals surface area contributed by atoms with E-state index in [1.165, 1.54) is 57.8 Å². The molecule has 0 aromatic carbocycles. The summed E-state index contributed by atoms with van der Waals surface area (Å²) in [6.45, 7) is 12.1. The van der Waals surface area contributed by atoms with Crippen LogP contribution in [0, 0.1) is 0 Å². The third-order valence-electron chi connectivity index (χ3n) is 19.6. The van der Waals surface area contributed by atoms with E-state index in [9.17, 15) is 81.5 Å². The Morgan fingerprint density at radius 1 is 0.220 bits per heavy atom. The van der Waals surface area contributed by atoms with Crippen LogP contribution in [-0.2, 0) is 205 Å². The zero-order valence-corrected chi connectivity index (χ0v) is 75.0. The molecule has 720 valence electrons. The van der Waals surface area contributed by atoms with Crippen molar-refractivity contribution in [3.63, 3.8) is 0 Å². The Hall–Kier alpha value is -9.41. The summed E-state index contributed by atoms with van der Waals surface area (Å²) in [5.41, 5.74) is 0. The van der Waals surface area contributed by atoms with Gasteiger partial charge >= 0.3 is 95.5 Å². The number of nitrogens with one attached hydrogen (secondary N) is 1. The fourth-order valence-electron chi connectivity index (χ4n) is 14.7. The molecule has 5 fully saturated rings. The average Bonchev–Trinajstić information content (AvgIpc) is 0.761. The summed E-state index contributed by atoms with van der Waals surface area (Å²) >= 11 is 0. The van der Waals surface area contributed by atoms with E-state index in [-0.39, 0.29) is 31.9 Å². The monoisotopic (exact) mass is 1820 g/mol. The number of hydrogen-bond acceptors (Lipinski definition) is 43. The molecule has 1 amide bonds. The third-order valence-corrected chi connectivity index (χ3v) is 19.6. The van der Waals surface area contributed by atoms with Crippen molar-refractivity contribution in [2.45, 2.75) is 380 Å². The lowest BCUT2D eigenvalue weighted by atomic mass is 9.94. The first-order valence-electron chi connectivity index (χ1n) is 42.4. The van der Waals surface area contributed by atoms with Crippen LogP contribution in [0.1, 0.15) is 227 Å². The predicted octanol–water partition coefficient (Wildman–Crippen LogP) is 4.00. The second-order valence-electron chi connectivity index (χ2n) is 30.7. The van der Waals surface area contributed by atoms with Crippen molar-refractivity contribution in [3.05, 3.63) is 0 Å². The Balaban J connectivity index is 1.71. The number of ether oxygens (including phenoxy) is 26. The Morgan fingerprint density at radius 3 is 0.677 bits per heavy atom. The number of hydrogen-bond donors (Lipinski definition) is 1. The predicted molar refractivity (Wildman–Crippen MR) is 420 cm³/mol. The molecule has 44 heteroatoms. The zero-order chi connectivity index (χ0) is 94.3. The topological polar surface area (TPSA) is 542 Å². The smallest absolute Gasteiger partial charge is 0.303 e. The largest absolute Gasteiger partial charge is 0.463 e. The molecule has 5 rings (SSSR count). The maximum absolute atomic E-state index is 14.0. The number of carbonyl (C=O) groups excluding carboxylic acids is 17. The van der Waals surface area contributed by atoms with Crippen molar-refractivity contribution in [1.29, 1.82) is 0 Å². The van der Waals surface area contributed by atoms with E-state index in [0.29, 0.717) is 6.42 Å². The first-order valence-corrected chi connectivity index (χ1v) is 42.4. The molecule has 1 N–H and O–H groups in total. The van der Waals surface area contributed by atoms with E-state index in [0.717, 1.165) is 143 Å². The van der Waals surface area contributed by atoms with Crippen LogP contribution in [0.2, 0.25) is 0 Å². The summed E-state index contributed by atoms with van der Waals surface area (Å²) in [6.07, 6.45) is -35.1. The quantitative estimate of drug-likeness (QED) is 0.0511. The van der Waals surface area contributed by atoms with Crippen LogP contribution in [0.4, 0.5) is 0 Å². The van der Waals surface area contributed by atoms with E-state index >= 15 is 0 Å². The molecular formula is C83H125NO43. The van der Waals surface area contributed by atoms with Gasteiger partial charge in [0, 0.05) is 124 Å². The average molecular weight is 1820 g/mol.